The molecule has 1 aliphatic rings. The quantitative estimate of drug-likeness (QED) is 0.701. The number of rotatable bonds is 4. The summed E-state index contributed by atoms with van der Waals surface area (Å²) >= 11 is 7.41. The van der Waals surface area contributed by atoms with Crippen molar-refractivity contribution < 1.29 is 4.79 Å². The van der Waals surface area contributed by atoms with Crippen LogP contribution in [0, 0.1) is 5.92 Å². The molecule has 1 aromatic carbocycles. The predicted octanol–water partition coefficient (Wildman–Crippen LogP) is 3.00. The number of carbonyl (C=O) groups is 1. The van der Waals surface area contributed by atoms with Crippen molar-refractivity contribution in [2.45, 2.75) is 19.4 Å². The van der Waals surface area contributed by atoms with Crippen molar-refractivity contribution in [3.63, 3.8) is 0 Å². The fourth-order valence-corrected chi connectivity index (χ4v) is 4.65. The topological polar surface area (TPSA) is 92.1 Å². The average Bonchev–Trinajstić information content (AvgIpc) is 3.07. The monoisotopic (exact) mass is 402 g/mol. The van der Waals surface area contributed by atoms with Gasteiger partial charge in [0.2, 0.25) is 5.91 Å². The van der Waals surface area contributed by atoms with Gasteiger partial charge in [-0.2, -0.15) is 0 Å². The van der Waals surface area contributed by atoms with Crippen LogP contribution in [-0.4, -0.2) is 33.9 Å². The van der Waals surface area contributed by atoms with E-state index in [1.54, 1.807) is 0 Å². The summed E-state index contributed by atoms with van der Waals surface area (Å²) in [7, 11) is 0. The molecule has 3 aromatic rings. The van der Waals surface area contributed by atoms with Gasteiger partial charge in [0, 0.05) is 22.5 Å². The molecule has 0 spiro atoms. The Labute approximate surface area is 165 Å². The van der Waals surface area contributed by atoms with E-state index < -0.39 is 0 Å². The minimum absolute atomic E-state index is 0.132. The number of primary amides is 1. The normalized spacial score (nSPS) is 18.0. The molecule has 6 nitrogen and oxygen atoms in total. The first-order valence-corrected chi connectivity index (χ1v) is 10.0. The van der Waals surface area contributed by atoms with E-state index in [-0.39, 0.29) is 17.4 Å². The van der Waals surface area contributed by atoms with Crippen molar-refractivity contribution in [1.29, 1.82) is 0 Å². The van der Waals surface area contributed by atoms with E-state index in [0.29, 0.717) is 34.2 Å². The molecule has 140 valence electrons. The average molecular weight is 403 g/mol. The number of benzene rings is 1. The Kier molecular flexibility index (Phi) is 4.99. The van der Waals surface area contributed by atoms with Crippen molar-refractivity contribution in [2.75, 3.05) is 13.1 Å². The predicted molar refractivity (Wildman–Crippen MR) is 108 cm³/mol. The second-order valence-corrected chi connectivity index (χ2v) is 8.12. The number of nitrogens with zero attached hydrogens (tertiary/aromatic N) is 2. The van der Waals surface area contributed by atoms with Crippen molar-refractivity contribution in [2.24, 2.45) is 11.7 Å². The molecular weight excluding hydrogens is 384 g/mol. The van der Waals surface area contributed by atoms with Gasteiger partial charge in [-0.25, -0.2) is 4.98 Å². The van der Waals surface area contributed by atoms with Crippen LogP contribution < -0.4 is 11.3 Å². The number of piperidine rings is 1. The lowest BCUT2D eigenvalue weighted by atomic mass is 9.97. The number of halogens is 1. The highest BCUT2D eigenvalue weighted by molar-refractivity contribution is 7.17. The van der Waals surface area contributed by atoms with E-state index in [9.17, 15) is 9.59 Å². The third-order valence-electron chi connectivity index (χ3n) is 4.93. The van der Waals surface area contributed by atoms with E-state index in [1.165, 1.54) is 11.3 Å². The second kappa shape index (κ2) is 7.42. The molecule has 27 heavy (non-hydrogen) atoms. The molecular formula is C19H19ClN4O2S. The fourth-order valence-electron chi connectivity index (χ4n) is 3.55. The molecule has 4 rings (SSSR count). The molecule has 3 heterocycles. The minimum atomic E-state index is -0.262. The first-order chi connectivity index (χ1) is 13.0. The summed E-state index contributed by atoms with van der Waals surface area (Å²) in [6.07, 6.45) is 1.74. The van der Waals surface area contributed by atoms with Crippen LogP contribution in [0.1, 0.15) is 18.7 Å². The number of thiophene rings is 1. The lowest BCUT2D eigenvalue weighted by Gasteiger charge is -2.30. The van der Waals surface area contributed by atoms with Crippen LogP contribution in [-0.2, 0) is 11.3 Å². The van der Waals surface area contributed by atoms with Gasteiger partial charge < -0.3 is 10.7 Å². The van der Waals surface area contributed by atoms with Gasteiger partial charge in [0.05, 0.1) is 17.8 Å². The Morgan fingerprint density at radius 2 is 2.15 bits per heavy atom. The van der Waals surface area contributed by atoms with Crippen molar-refractivity contribution in [3.8, 4) is 11.1 Å². The van der Waals surface area contributed by atoms with Crippen LogP contribution >= 0.6 is 22.9 Å². The Balaban J connectivity index is 1.62. The van der Waals surface area contributed by atoms with Crippen molar-refractivity contribution in [3.05, 3.63) is 50.8 Å². The molecule has 0 unspecified atom stereocenters. The zero-order valence-corrected chi connectivity index (χ0v) is 16.1. The first kappa shape index (κ1) is 18.2. The number of hydrogen-bond acceptors (Lipinski definition) is 5. The Bertz CT molecular complexity index is 1040. The number of amides is 1. The number of aromatic nitrogens is 2. The standard InChI is InChI=1S/C19H19ClN4O2S/c20-13-5-3-11(4-6-13)14-10-27-19-16(14)18(26)22-15(23-19)9-24-7-1-2-12(8-24)17(21)25/h3-6,10,12H,1-2,7-9H2,(H2,21,25)(H,22,23,26)/t12-/m1/s1. The maximum absolute atomic E-state index is 12.7. The van der Waals surface area contributed by atoms with E-state index in [1.807, 2.05) is 29.6 Å². The Hall–Kier alpha value is -2.22. The zero-order valence-electron chi connectivity index (χ0n) is 14.6. The SMILES string of the molecule is NC(=O)[C@@H]1CCCN(Cc2nc3scc(-c4ccc(Cl)cc4)c3c(=O)[nH]2)C1. The summed E-state index contributed by atoms with van der Waals surface area (Å²) in [5.74, 6) is 0.219. The van der Waals surface area contributed by atoms with Gasteiger partial charge in [0.15, 0.2) is 0 Å². The lowest BCUT2D eigenvalue weighted by molar-refractivity contribution is -0.123. The van der Waals surface area contributed by atoms with Gasteiger partial charge in [-0.3, -0.25) is 14.5 Å². The van der Waals surface area contributed by atoms with E-state index in [2.05, 4.69) is 14.9 Å². The number of carbonyl (C=O) groups excluding carboxylic acids is 1. The van der Waals surface area contributed by atoms with Crippen LogP contribution in [0.2, 0.25) is 5.02 Å². The number of likely N-dealkylation sites (tertiary alicyclic amines) is 1. The summed E-state index contributed by atoms with van der Waals surface area (Å²) < 4.78 is 0. The fraction of sp³-hybridized carbons (Fsp3) is 0.316. The van der Waals surface area contributed by atoms with Crippen molar-refractivity contribution >= 4 is 39.1 Å². The van der Waals surface area contributed by atoms with Gasteiger partial charge in [0.25, 0.3) is 5.56 Å². The number of fused-ring (bicyclic) bond motifs is 1. The molecule has 1 fully saturated rings. The zero-order chi connectivity index (χ0) is 19.0. The third kappa shape index (κ3) is 3.76. The highest BCUT2D eigenvalue weighted by Crippen LogP contribution is 2.31. The highest BCUT2D eigenvalue weighted by Gasteiger charge is 2.24. The number of nitrogens with one attached hydrogen (secondary N) is 1. The van der Waals surface area contributed by atoms with Gasteiger partial charge >= 0.3 is 0 Å². The van der Waals surface area contributed by atoms with Crippen LogP contribution in [0.25, 0.3) is 21.3 Å². The molecule has 0 radical (unpaired) electrons. The Morgan fingerprint density at radius 3 is 2.89 bits per heavy atom. The second-order valence-electron chi connectivity index (χ2n) is 6.83. The summed E-state index contributed by atoms with van der Waals surface area (Å²) in [4.78, 5) is 34.6. The van der Waals surface area contributed by atoms with E-state index >= 15 is 0 Å². The molecule has 2 aromatic heterocycles. The Morgan fingerprint density at radius 1 is 1.37 bits per heavy atom. The van der Waals surface area contributed by atoms with Crippen LogP contribution in [0.4, 0.5) is 0 Å². The summed E-state index contributed by atoms with van der Waals surface area (Å²) in [5.41, 5.74) is 7.09. The maximum Gasteiger partial charge on any atom is 0.260 e. The maximum atomic E-state index is 12.7. The highest BCUT2D eigenvalue weighted by atomic mass is 35.5. The number of nitrogens with two attached hydrogens (primary N) is 1. The largest absolute Gasteiger partial charge is 0.369 e. The minimum Gasteiger partial charge on any atom is -0.369 e. The molecule has 3 N–H and O–H groups in total. The lowest BCUT2D eigenvalue weighted by Crippen LogP contribution is -2.41. The third-order valence-corrected chi connectivity index (χ3v) is 6.05. The number of aromatic amines is 1. The van der Waals surface area contributed by atoms with Crippen LogP contribution in [0.3, 0.4) is 0 Å². The molecule has 1 aliphatic heterocycles. The van der Waals surface area contributed by atoms with E-state index in [4.69, 9.17) is 17.3 Å². The summed E-state index contributed by atoms with van der Waals surface area (Å²) in [6.45, 7) is 1.98. The van der Waals surface area contributed by atoms with Crippen LogP contribution in [0.15, 0.2) is 34.4 Å². The summed E-state index contributed by atoms with van der Waals surface area (Å²) in [5, 5.41) is 3.20. The molecule has 1 saturated heterocycles. The summed E-state index contributed by atoms with van der Waals surface area (Å²) in [6, 6.07) is 7.41. The molecule has 0 bridgehead atoms. The van der Waals surface area contributed by atoms with Gasteiger partial charge in [-0.05, 0) is 37.1 Å². The van der Waals surface area contributed by atoms with Gasteiger partial charge in [-0.15, -0.1) is 11.3 Å². The molecule has 1 atom stereocenters. The molecule has 0 saturated carbocycles. The van der Waals surface area contributed by atoms with Crippen LogP contribution in [0.5, 0.6) is 0 Å². The number of H-pyrrole nitrogens is 1. The smallest absolute Gasteiger partial charge is 0.260 e. The molecule has 1 amide bonds. The van der Waals surface area contributed by atoms with Crippen molar-refractivity contribution in [1.82, 2.24) is 14.9 Å². The van der Waals surface area contributed by atoms with Gasteiger partial charge in [0.1, 0.15) is 10.7 Å². The number of hydrogen-bond donors (Lipinski definition) is 2. The van der Waals surface area contributed by atoms with Gasteiger partial charge in [-0.1, -0.05) is 23.7 Å². The molecule has 0 aliphatic carbocycles. The van der Waals surface area contributed by atoms with E-state index in [0.717, 1.165) is 30.5 Å². The molecule has 8 heteroatoms. The first-order valence-electron chi connectivity index (χ1n) is 8.79.